The van der Waals surface area contributed by atoms with E-state index < -0.39 is 17.7 Å². The largest absolute Gasteiger partial charge is 0.493 e. The van der Waals surface area contributed by atoms with E-state index in [-0.39, 0.29) is 23.3 Å². The van der Waals surface area contributed by atoms with Gasteiger partial charge in [-0.05, 0) is 30.7 Å². The van der Waals surface area contributed by atoms with Gasteiger partial charge in [-0.3, -0.25) is 0 Å². The summed E-state index contributed by atoms with van der Waals surface area (Å²) in [5, 5.41) is 17.0. The van der Waals surface area contributed by atoms with Gasteiger partial charge in [0.1, 0.15) is 16.5 Å². The van der Waals surface area contributed by atoms with Crippen LogP contribution in [0.25, 0.3) is 6.08 Å². The maximum absolute atomic E-state index is 12.8. The molecular formula is C19H14ClF3N2O4. The Labute approximate surface area is 168 Å². The lowest BCUT2D eigenvalue weighted by molar-refractivity contribution is -0.138. The number of hydrogen-bond donors (Lipinski definition) is 1. The summed E-state index contributed by atoms with van der Waals surface area (Å²) >= 11 is 5.86. The van der Waals surface area contributed by atoms with E-state index in [1.165, 1.54) is 18.2 Å². The standard InChI is InChI=1S/C19H14ClF3N2O4/c20-15-9-13(19(21,22)23)11-25-18(15)29-16-10-14(28-8-2-1-7-24)5-3-12(16)4-6-17(26)27/h3-6,9-11H,1-2,8H2,(H,26,27). The number of benzene rings is 1. The van der Waals surface area contributed by atoms with Crippen molar-refractivity contribution in [3.8, 4) is 23.4 Å². The second-order valence-electron chi connectivity index (χ2n) is 5.59. The van der Waals surface area contributed by atoms with Crippen LogP contribution in [-0.2, 0) is 11.0 Å². The van der Waals surface area contributed by atoms with Crippen LogP contribution in [0.3, 0.4) is 0 Å². The minimum atomic E-state index is -4.61. The fourth-order valence-electron chi connectivity index (χ4n) is 2.09. The molecule has 1 N–H and O–H groups in total. The van der Waals surface area contributed by atoms with Crippen LogP contribution in [0.1, 0.15) is 24.0 Å². The Morgan fingerprint density at radius 1 is 1.34 bits per heavy atom. The molecule has 0 aliphatic carbocycles. The SMILES string of the molecule is N#CCCCOc1ccc(C=CC(=O)O)c(Oc2ncc(C(F)(F)F)cc2Cl)c1. The molecule has 0 fully saturated rings. The van der Waals surface area contributed by atoms with Crippen LogP contribution in [0.15, 0.2) is 36.5 Å². The summed E-state index contributed by atoms with van der Waals surface area (Å²) in [6.07, 6.45) is -1.10. The molecule has 0 spiro atoms. The third kappa shape index (κ3) is 6.69. The third-order valence-corrected chi connectivity index (χ3v) is 3.70. The number of nitrogens with zero attached hydrogens (tertiary/aromatic N) is 2. The number of carbonyl (C=O) groups is 1. The first-order chi connectivity index (χ1) is 13.7. The molecule has 10 heteroatoms. The third-order valence-electron chi connectivity index (χ3n) is 3.43. The monoisotopic (exact) mass is 426 g/mol. The molecule has 29 heavy (non-hydrogen) atoms. The van der Waals surface area contributed by atoms with Crippen molar-refractivity contribution in [3.05, 3.63) is 52.7 Å². The maximum atomic E-state index is 12.8. The summed E-state index contributed by atoms with van der Waals surface area (Å²) in [4.78, 5) is 14.4. The number of ether oxygens (including phenoxy) is 2. The quantitative estimate of drug-likeness (QED) is 0.453. The zero-order valence-electron chi connectivity index (χ0n) is 14.7. The first kappa shape index (κ1) is 22.0. The van der Waals surface area contributed by atoms with Gasteiger partial charge in [0.05, 0.1) is 18.2 Å². The van der Waals surface area contributed by atoms with Gasteiger partial charge < -0.3 is 14.6 Å². The Balaban J connectivity index is 2.32. The number of alkyl halides is 3. The molecule has 1 aromatic heterocycles. The lowest BCUT2D eigenvalue weighted by Gasteiger charge is -2.13. The Morgan fingerprint density at radius 2 is 2.10 bits per heavy atom. The minimum absolute atomic E-state index is 0.0782. The number of carboxylic acids is 1. The Hall–Kier alpha value is -3.25. The molecule has 6 nitrogen and oxygen atoms in total. The molecule has 2 rings (SSSR count). The van der Waals surface area contributed by atoms with Gasteiger partial charge in [-0.15, -0.1) is 0 Å². The summed E-state index contributed by atoms with van der Waals surface area (Å²) in [6, 6.07) is 7.15. The van der Waals surface area contributed by atoms with Gasteiger partial charge in [0, 0.05) is 30.3 Å². The molecule has 0 radical (unpaired) electrons. The van der Waals surface area contributed by atoms with Crippen molar-refractivity contribution < 1.29 is 32.5 Å². The van der Waals surface area contributed by atoms with E-state index >= 15 is 0 Å². The number of unbranched alkanes of at least 4 members (excludes halogenated alkanes) is 1. The number of hydrogen-bond acceptors (Lipinski definition) is 5. The highest BCUT2D eigenvalue weighted by Gasteiger charge is 2.31. The smallest absolute Gasteiger partial charge is 0.417 e. The number of nitriles is 1. The number of aromatic nitrogens is 1. The lowest BCUT2D eigenvalue weighted by atomic mass is 10.1. The van der Waals surface area contributed by atoms with E-state index in [1.807, 2.05) is 6.07 Å². The molecule has 0 atom stereocenters. The fraction of sp³-hybridized carbons (Fsp3) is 0.211. The summed E-state index contributed by atoms with van der Waals surface area (Å²) in [7, 11) is 0. The molecule has 152 valence electrons. The van der Waals surface area contributed by atoms with Crippen molar-refractivity contribution >= 4 is 23.6 Å². The van der Waals surface area contributed by atoms with Crippen LogP contribution in [-0.4, -0.2) is 22.7 Å². The van der Waals surface area contributed by atoms with E-state index in [0.717, 1.165) is 6.08 Å². The summed E-state index contributed by atoms with van der Waals surface area (Å²) in [5.74, 6) is -1.05. The zero-order chi connectivity index (χ0) is 21.4. The molecule has 0 bridgehead atoms. The van der Waals surface area contributed by atoms with Crippen LogP contribution in [0.4, 0.5) is 13.2 Å². The maximum Gasteiger partial charge on any atom is 0.417 e. The van der Waals surface area contributed by atoms with Crippen LogP contribution < -0.4 is 9.47 Å². The van der Waals surface area contributed by atoms with Gasteiger partial charge in [0.15, 0.2) is 0 Å². The number of halogens is 4. The second-order valence-corrected chi connectivity index (χ2v) is 6.00. The van der Waals surface area contributed by atoms with Crippen molar-refractivity contribution in [2.24, 2.45) is 0 Å². The predicted molar refractivity (Wildman–Crippen MR) is 97.8 cm³/mol. The van der Waals surface area contributed by atoms with E-state index in [2.05, 4.69) is 4.98 Å². The Bertz CT molecular complexity index is 955. The average Bonchev–Trinajstić information content (AvgIpc) is 2.65. The highest BCUT2D eigenvalue weighted by Crippen LogP contribution is 2.36. The van der Waals surface area contributed by atoms with Crippen molar-refractivity contribution in [2.45, 2.75) is 19.0 Å². The van der Waals surface area contributed by atoms with E-state index in [4.69, 9.17) is 31.4 Å². The molecular weight excluding hydrogens is 413 g/mol. The minimum Gasteiger partial charge on any atom is -0.493 e. The zero-order valence-corrected chi connectivity index (χ0v) is 15.5. The summed E-state index contributed by atoms with van der Waals surface area (Å²) < 4.78 is 49.3. The molecule has 0 unspecified atom stereocenters. The van der Waals surface area contributed by atoms with E-state index in [1.54, 1.807) is 6.07 Å². The van der Waals surface area contributed by atoms with Crippen LogP contribution in [0.2, 0.25) is 5.02 Å². The number of aliphatic carboxylic acids is 1. The van der Waals surface area contributed by atoms with Crippen molar-refractivity contribution in [2.75, 3.05) is 6.61 Å². The molecule has 0 aliphatic rings. The average molecular weight is 427 g/mol. The topological polar surface area (TPSA) is 92.4 Å². The second kappa shape index (κ2) is 9.80. The normalized spacial score (nSPS) is 11.3. The van der Waals surface area contributed by atoms with Gasteiger partial charge >= 0.3 is 12.1 Å². The molecule has 2 aromatic rings. The molecule has 0 saturated carbocycles. The number of rotatable bonds is 8. The highest BCUT2D eigenvalue weighted by molar-refractivity contribution is 6.31. The van der Waals surface area contributed by atoms with Gasteiger partial charge in [-0.25, -0.2) is 9.78 Å². The summed E-state index contributed by atoms with van der Waals surface area (Å²) in [6.45, 7) is 0.261. The molecule has 0 amide bonds. The highest BCUT2D eigenvalue weighted by atomic mass is 35.5. The van der Waals surface area contributed by atoms with Crippen LogP contribution >= 0.6 is 11.6 Å². The van der Waals surface area contributed by atoms with E-state index in [9.17, 15) is 18.0 Å². The molecule has 1 aromatic carbocycles. The van der Waals surface area contributed by atoms with Crippen molar-refractivity contribution in [1.29, 1.82) is 5.26 Å². The van der Waals surface area contributed by atoms with Gasteiger partial charge in [-0.2, -0.15) is 18.4 Å². The number of pyridine rings is 1. The van der Waals surface area contributed by atoms with E-state index in [0.29, 0.717) is 36.4 Å². The van der Waals surface area contributed by atoms with Crippen LogP contribution in [0.5, 0.6) is 17.4 Å². The number of carboxylic acid groups (broad SMARTS) is 1. The Kier molecular flexibility index (Phi) is 7.45. The van der Waals surface area contributed by atoms with Gasteiger partial charge in [-0.1, -0.05) is 11.6 Å². The first-order valence-corrected chi connectivity index (χ1v) is 8.54. The Morgan fingerprint density at radius 3 is 2.72 bits per heavy atom. The molecule has 1 heterocycles. The first-order valence-electron chi connectivity index (χ1n) is 8.16. The van der Waals surface area contributed by atoms with Gasteiger partial charge in [0.25, 0.3) is 0 Å². The van der Waals surface area contributed by atoms with Crippen LogP contribution in [0, 0.1) is 11.3 Å². The van der Waals surface area contributed by atoms with Crippen molar-refractivity contribution in [1.82, 2.24) is 4.98 Å². The fourth-order valence-corrected chi connectivity index (χ4v) is 2.30. The van der Waals surface area contributed by atoms with Crippen molar-refractivity contribution in [3.63, 3.8) is 0 Å². The summed E-state index contributed by atoms with van der Waals surface area (Å²) in [5.41, 5.74) is -0.718. The van der Waals surface area contributed by atoms with Gasteiger partial charge in [0.2, 0.25) is 5.88 Å². The lowest BCUT2D eigenvalue weighted by Crippen LogP contribution is -2.06. The molecule has 0 aliphatic heterocycles. The molecule has 0 saturated heterocycles. The predicted octanol–water partition coefficient (Wildman–Crippen LogP) is 5.33.